The summed E-state index contributed by atoms with van der Waals surface area (Å²) in [5.74, 6) is -0.235. The normalized spacial score (nSPS) is 11.0. The van der Waals surface area contributed by atoms with Gasteiger partial charge in [-0.1, -0.05) is 31.5 Å². The van der Waals surface area contributed by atoms with E-state index < -0.39 is 0 Å². The van der Waals surface area contributed by atoms with Crippen molar-refractivity contribution in [1.29, 1.82) is 0 Å². The third kappa shape index (κ3) is 3.80. The van der Waals surface area contributed by atoms with Crippen LogP contribution in [0.15, 0.2) is 18.2 Å². The zero-order chi connectivity index (χ0) is 11.3. The number of benzene rings is 1. The molecule has 0 unspecified atom stereocenters. The molecule has 0 aliphatic heterocycles. The van der Waals surface area contributed by atoms with Crippen LogP contribution in [0.5, 0.6) is 0 Å². The Morgan fingerprint density at radius 3 is 2.53 bits per heavy atom. The summed E-state index contributed by atoms with van der Waals surface area (Å²) in [7, 11) is 0. The van der Waals surface area contributed by atoms with Gasteiger partial charge >= 0.3 is 0 Å². The van der Waals surface area contributed by atoms with Gasteiger partial charge in [0.15, 0.2) is 0 Å². The Bertz CT molecular complexity index is 310. The maximum Gasteiger partial charge on any atom is 0.129 e. The van der Waals surface area contributed by atoms with Gasteiger partial charge in [0.25, 0.3) is 0 Å². The van der Waals surface area contributed by atoms with Crippen LogP contribution in [-0.2, 0) is 6.54 Å². The van der Waals surface area contributed by atoms with Gasteiger partial charge in [-0.25, -0.2) is 4.39 Å². The van der Waals surface area contributed by atoms with E-state index in [2.05, 4.69) is 19.2 Å². The molecule has 0 saturated carbocycles. The zero-order valence-electron chi connectivity index (χ0n) is 9.19. The number of halogens is 2. The maximum atomic E-state index is 13.4. The molecular weight excluding hydrogens is 213 g/mol. The molecule has 0 fully saturated rings. The van der Waals surface area contributed by atoms with Crippen LogP contribution in [0.3, 0.4) is 0 Å². The molecule has 1 nitrogen and oxygen atoms in total. The highest BCUT2D eigenvalue weighted by Gasteiger charge is 2.06. The summed E-state index contributed by atoms with van der Waals surface area (Å²) in [6.45, 7) is 4.81. The monoisotopic (exact) mass is 229 g/mol. The summed E-state index contributed by atoms with van der Waals surface area (Å²) in [5, 5.41) is 3.76. The van der Waals surface area contributed by atoms with Crippen molar-refractivity contribution in [1.82, 2.24) is 5.32 Å². The number of nitrogens with one attached hydrogen (secondary N) is 1. The van der Waals surface area contributed by atoms with Gasteiger partial charge in [0, 0.05) is 23.2 Å². The Labute approximate surface area is 95.6 Å². The van der Waals surface area contributed by atoms with E-state index in [1.165, 1.54) is 6.07 Å². The van der Waals surface area contributed by atoms with E-state index in [1.54, 1.807) is 12.1 Å². The first-order valence-corrected chi connectivity index (χ1v) is 5.72. The van der Waals surface area contributed by atoms with Crippen LogP contribution in [0.4, 0.5) is 4.39 Å². The minimum Gasteiger partial charge on any atom is -0.310 e. The van der Waals surface area contributed by atoms with Crippen molar-refractivity contribution >= 4 is 11.6 Å². The number of hydrogen-bond acceptors (Lipinski definition) is 1. The van der Waals surface area contributed by atoms with Gasteiger partial charge in [-0.05, 0) is 25.0 Å². The van der Waals surface area contributed by atoms with Crippen LogP contribution in [0.2, 0.25) is 5.02 Å². The molecule has 0 aromatic heterocycles. The highest BCUT2D eigenvalue weighted by molar-refractivity contribution is 6.30. The molecule has 0 amide bonds. The van der Waals surface area contributed by atoms with E-state index in [4.69, 9.17) is 11.6 Å². The van der Waals surface area contributed by atoms with Crippen molar-refractivity contribution in [2.24, 2.45) is 0 Å². The van der Waals surface area contributed by atoms with Crippen molar-refractivity contribution < 1.29 is 4.39 Å². The van der Waals surface area contributed by atoms with Gasteiger partial charge in [-0.3, -0.25) is 0 Å². The van der Waals surface area contributed by atoms with Gasteiger partial charge < -0.3 is 5.32 Å². The lowest BCUT2D eigenvalue weighted by Crippen LogP contribution is -2.27. The molecule has 1 aromatic carbocycles. The molecule has 0 aliphatic rings. The van der Waals surface area contributed by atoms with Gasteiger partial charge in [0.1, 0.15) is 5.82 Å². The first-order valence-electron chi connectivity index (χ1n) is 5.34. The molecule has 0 radical (unpaired) electrons. The van der Waals surface area contributed by atoms with Crippen LogP contribution >= 0.6 is 11.6 Å². The third-order valence-electron chi connectivity index (χ3n) is 2.58. The van der Waals surface area contributed by atoms with E-state index in [9.17, 15) is 4.39 Å². The van der Waals surface area contributed by atoms with Crippen LogP contribution in [-0.4, -0.2) is 6.04 Å². The number of hydrogen-bond donors (Lipinski definition) is 1. The molecule has 0 bridgehead atoms. The molecule has 1 aromatic rings. The lowest BCUT2D eigenvalue weighted by molar-refractivity contribution is 0.475. The van der Waals surface area contributed by atoms with Crippen molar-refractivity contribution in [2.75, 3.05) is 0 Å². The first-order chi connectivity index (χ1) is 7.17. The second kappa shape index (κ2) is 6.09. The Balaban J connectivity index is 2.57. The Kier molecular flexibility index (Phi) is 5.06. The lowest BCUT2D eigenvalue weighted by Gasteiger charge is -2.14. The summed E-state index contributed by atoms with van der Waals surface area (Å²) in [6, 6.07) is 5.26. The zero-order valence-corrected chi connectivity index (χ0v) is 9.94. The minimum atomic E-state index is -0.235. The van der Waals surface area contributed by atoms with Crippen molar-refractivity contribution in [3.8, 4) is 0 Å². The maximum absolute atomic E-state index is 13.4. The molecule has 0 heterocycles. The molecule has 0 aliphatic carbocycles. The van der Waals surface area contributed by atoms with Crippen LogP contribution in [0, 0.1) is 5.82 Å². The van der Waals surface area contributed by atoms with Crippen molar-refractivity contribution in [3.63, 3.8) is 0 Å². The molecule has 0 spiro atoms. The molecule has 84 valence electrons. The first kappa shape index (κ1) is 12.5. The average Bonchev–Trinajstić information content (AvgIpc) is 2.22. The van der Waals surface area contributed by atoms with E-state index in [0.717, 1.165) is 12.8 Å². The Morgan fingerprint density at radius 1 is 1.33 bits per heavy atom. The van der Waals surface area contributed by atoms with E-state index >= 15 is 0 Å². The molecule has 0 saturated heterocycles. The van der Waals surface area contributed by atoms with E-state index in [1.807, 2.05) is 0 Å². The fraction of sp³-hybridized carbons (Fsp3) is 0.500. The molecule has 15 heavy (non-hydrogen) atoms. The second-order valence-corrected chi connectivity index (χ2v) is 4.07. The van der Waals surface area contributed by atoms with E-state index in [-0.39, 0.29) is 5.82 Å². The average molecular weight is 230 g/mol. The predicted octanol–water partition coefficient (Wildman–Crippen LogP) is 3.76. The molecule has 1 rings (SSSR count). The van der Waals surface area contributed by atoms with Crippen LogP contribution < -0.4 is 5.32 Å². The standard InChI is InChI=1S/C12H17ClFN/c1-3-11(4-2)15-8-9-5-6-10(13)7-12(9)14/h5-7,11,15H,3-4,8H2,1-2H3. The van der Waals surface area contributed by atoms with Gasteiger partial charge in [0.05, 0.1) is 0 Å². The summed E-state index contributed by atoms with van der Waals surface area (Å²) in [5.41, 5.74) is 0.673. The Hall–Kier alpha value is -0.600. The second-order valence-electron chi connectivity index (χ2n) is 3.63. The van der Waals surface area contributed by atoms with Crippen LogP contribution in [0.1, 0.15) is 32.3 Å². The van der Waals surface area contributed by atoms with E-state index in [0.29, 0.717) is 23.2 Å². The highest BCUT2D eigenvalue weighted by Crippen LogP contribution is 2.14. The fourth-order valence-corrected chi connectivity index (χ4v) is 1.66. The summed E-state index contributed by atoms with van der Waals surface area (Å²) >= 11 is 5.67. The van der Waals surface area contributed by atoms with Crippen LogP contribution in [0.25, 0.3) is 0 Å². The minimum absolute atomic E-state index is 0.235. The molecule has 1 N–H and O–H groups in total. The quantitative estimate of drug-likeness (QED) is 0.811. The largest absolute Gasteiger partial charge is 0.310 e. The van der Waals surface area contributed by atoms with Gasteiger partial charge in [-0.2, -0.15) is 0 Å². The summed E-state index contributed by atoms with van der Waals surface area (Å²) in [4.78, 5) is 0. The fourth-order valence-electron chi connectivity index (χ4n) is 1.50. The van der Waals surface area contributed by atoms with Gasteiger partial charge in [0.2, 0.25) is 0 Å². The highest BCUT2D eigenvalue weighted by atomic mass is 35.5. The summed E-state index contributed by atoms with van der Waals surface area (Å²) < 4.78 is 13.4. The molecular formula is C12H17ClFN. The van der Waals surface area contributed by atoms with Crippen molar-refractivity contribution in [3.05, 3.63) is 34.6 Å². The summed E-state index contributed by atoms with van der Waals surface area (Å²) in [6.07, 6.45) is 2.12. The Morgan fingerprint density at radius 2 is 2.00 bits per heavy atom. The number of rotatable bonds is 5. The lowest BCUT2D eigenvalue weighted by atomic mass is 10.1. The predicted molar refractivity (Wildman–Crippen MR) is 62.6 cm³/mol. The third-order valence-corrected chi connectivity index (χ3v) is 2.82. The molecule has 3 heteroatoms. The smallest absolute Gasteiger partial charge is 0.129 e. The topological polar surface area (TPSA) is 12.0 Å². The molecule has 0 atom stereocenters. The van der Waals surface area contributed by atoms with Gasteiger partial charge in [-0.15, -0.1) is 0 Å². The van der Waals surface area contributed by atoms with Crippen molar-refractivity contribution in [2.45, 2.75) is 39.3 Å². The SMILES string of the molecule is CCC(CC)NCc1ccc(Cl)cc1F.